The number of fused-ring (bicyclic) bond motifs is 1. The van der Waals surface area contributed by atoms with Crippen LogP contribution in [-0.2, 0) is 11.2 Å². The normalized spacial score (nSPS) is 16.5. The summed E-state index contributed by atoms with van der Waals surface area (Å²) < 4.78 is 0. The summed E-state index contributed by atoms with van der Waals surface area (Å²) in [4.78, 5) is 11.2. The van der Waals surface area contributed by atoms with E-state index in [0.29, 0.717) is 12.3 Å². The standard InChI is InChI=1S/C12H15ClN2O/c1-14-11(7-13)9-2-4-10-8(6-9)3-5-12(16)15-10/h2,4,6,11,14H,3,5,7H2,1H3,(H,15,16). The fourth-order valence-corrected chi connectivity index (χ4v) is 2.29. The van der Waals surface area contributed by atoms with E-state index in [1.165, 1.54) is 11.1 Å². The molecule has 0 bridgehead atoms. The van der Waals surface area contributed by atoms with Crippen LogP contribution in [0.3, 0.4) is 0 Å². The molecule has 0 aromatic heterocycles. The number of rotatable bonds is 3. The smallest absolute Gasteiger partial charge is 0.224 e. The largest absolute Gasteiger partial charge is 0.326 e. The summed E-state index contributed by atoms with van der Waals surface area (Å²) in [5.74, 6) is 0.643. The Morgan fingerprint density at radius 2 is 2.31 bits per heavy atom. The van der Waals surface area contributed by atoms with Gasteiger partial charge in [0.2, 0.25) is 5.91 Å². The Labute approximate surface area is 100 Å². The molecule has 1 aliphatic heterocycles. The number of hydrogen-bond donors (Lipinski definition) is 2. The first-order chi connectivity index (χ1) is 7.74. The minimum absolute atomic E-state index is 0.0998. The number of carbonyl (C=O) groups excluding carboxylic acids is 1. The first-order valence-electron chi connectivity index (χ1n) is 5.40. The average molecular weight is 239 g/mol. The van der Waals surface area contributed by atoms with Gasteiger partial charge in [0, 0.05) is 24.0 Å². The second-order valence-corrected chi connectivity index (χ2v) is 4.27. The summed E-state index contributed by atoms with van der Waals surface area (Å²) >= 11 is 5.88. The summed E-state index contributed by atoms with van der Waals surface area (Å²) in [5, 5.41) is 6.03. The number of benzene rings is 1. The Hall–Kier alpha value is -1.06. The number of carbonyl (C=O) groups is 1. The summed E-state index contributed by atoms with van der Waals surface area (Å²) in [6, 6.07) is 6.26. The predicted octanol–water partition coefficient (Wildman–Crippen LogP) is 2.07. The zero-order valence-electron chi connectivity index (χ0n) is 9.22. The highest BCUT2D eigenvalue weighted by Gasteiger charge is 2.16. The number of aryl methyl sites for hydroxylation is 1. The Bertz CT molecular complexity index is 402. The van der Waals surface area contributed by atoms with Crippen molar-refractivity contribution >= 4 is 23.2 Å². The zero-order valence-corrected chi connectivity index (χ0v) is 9.97. The molecule has 2 rings (SSSR count). The molecule has 1 heterocycles. The van der Waals surface area contributed by atoms with Crippen LogP contribution in [0, 0.1) is 0 Å². The molecule has 2 N–H and O–H groups in total. The molecular weight excluding hydrogens is 224 g/mol. The Kier molecular flexibility index (Phi) is 3.46. The lowest BCUT2D eigenvalue weighted by Crippen LogP contribution is -2.21. The van der Waals surface area contributed by atoms with E-state index in [1.807, 2.05) is 19.2 Å². The van der Waals surface area contributed by atoms with Gasteiger partial charge < -0.3 is 10.6 Å². The molecule has 4 heteroatoms. The van der Waals surface area contributed by atoms with Crippen LogP contribution in [0.1, 0.15) is 23.6 Å². The van der Waals surface area contributed by atoms with E-state index in [-0.39, 0.29) is 11.9 Å². The van der Waals surface area contributed by atoms with Crippen molar-refractivity contribution in [2.24, 2.45) is 0 Å². The Morgan fingerprint density at radius 3 is 3.00 bits per heavy atom. The van der Waals surface area contributed by atoms with E-state index in [9.17, 15) is 4.79 Å². The van der Waals surface area contributed by atoms with E-state index < -0.39 is 0 Å². The van der Waals surface area contributed by atoms with Gasteiger partial charge in [0.15, 0.2) is 0 Å². The lowest BCUT2D eigenvalue weighted by atomic mass is 9.98. The third-order valence-corrected chi connectivity index (χ3v) is 3.24. The van der Waals surface area contributed by atoms with Gasteiger partial charge in [0.1, 0.15) is 0 Å². The van der Waals surface area contributed by atoms with E-state index in [2.05, 4.69) is 16.7 Å². The van der Waals surface area contributed by atoms with Gasteiger partial charge in [-0.25, -0.2) is 0 Å². The molecule has 0 saturated carbocycles. The van der Waals surface area contributed by atoms with Crippen LogP contribution >= 0.6 is 11.6 Å². The zero-order chi connectivity index (χ0) is 11.5. The van der Waals surface area contributed by atoms with E-state index in [1.54, 1.807) is 0 Å². The van der Waals surface area contributed by atoms with Gasteiger partial charge in [0.05, 0.1) is 0 Å². The van der Waals surface area contributed by atoms with Crippen LogP contribution in [0.15, 0.2) is 18.2 Å². The molecule has 1 aromatic rings. The molecule has 3 nitrogen and oxygen atoms in total. The minimum Gasteiger partial charge on any atom is -0.326 e. The van der Waals surface area contributed by atoms with Crippen LogP contribution in [0.4, 0.5) is 5.69 Å². The van der Waals surface area contributed by atoms with Crippen molar-refractivity contribution in [2.45, 2.75) is 18.9 Å². The highest BCUT2D eigenvalue weighted by atomic mass is 35.5. The summed E-state index contributed by atoms with van der Waals surface area (Å²) in [5.41, 5.74) is 3.30. The van der Waals surface area contributed by atoms with Crippen molar-refractivity contribution < 1.29 is 4.79 Å². The number of nitrogens with one attached hydrogen (secondary N) is 2. The number of halogens is 1. The Balaban J connectivity index is 2.28. The van der Waals surface area contributed by atoms with Crippen molar-refractivity contribution in [3.8, 4) is 0 Å². The number of amides is 1. The molecule has 86 valence electrons. The van der Waals surface area contributed by atoms with E-state index in [0.717, 1.165) is 12.1 Å². The lowest BCUT2D eigenvalue weighted by molar-refractivity contribution is -0.116. The number of hydrogen-bond acceptors (Lipinski definition) is 2. The SMILES string of the molecule is CNC(CCl)c1ccc2c(c1)CCC(=O)N2. The quantitative estimate of drug-likeness (QED) is 0.792. The Morgan fingerprint density at radius 1 is 1.50 bits per heavy atom. The number of anilines is 1. The fourth-order valence-electron chi connectivity index (χ4n) is 1.95. The molecule has 0 radical (unpaired) electrons. The second-order valence-electron chi connectivity index (χ2n) is 3.96. The van der Waals surface area contributed by atoms with Crippen molar-refractivity contribution in [2.75, 3.05) is 18.2 Å². The lowest BCUT2D eigenvalue weighted by Gasteiger charge is -2.20. The molecule has 1 aromatic carbocycles. The van der Waals surface area contributed by atoms with Gasteiger partial charge in [-0.05, 0) is 30.7 Å². The van der Waals surface area contributed by atoms with Crippen molar-refractivity contribution in [3.63, 3.8) is 0 Å². The van der Waals surface area contributed by atoms with Gasteiger partial charge in [0.25, 0.3) is 0 Å². The van der Waals surface area contributed by atoms with Crippen LogP contribution in [0.5, 0.6) is 0 Å². The van der Waals surface area contributed by atoms with Crippen LogP contribution in [-0.4, -0.2) is 18.8 Å². The molecule has 16 heavy (non-hydrogen) atoms. The maximum atomic E-state index is 11.2. The molecular formula is C12H15ClN2O. The van der Waals surface area contributed by atoms with Crippen molar-refractivity contribution in [1.82, 2.24) is 5.32 Å². The fraction of sp³-hybridized carbons (Fsp3) is 0.417. The first-order valence-corrected chi connectivity index (χ1v) is 5.94. The van der Waals surface area contributed by atoms with Gasteiger partial charge in [-0.3, -0.25) is 4.79 Å². The minimum atomic E-state index is 0.0998. The topological polar surface area (TPSA) is 41.1 Å². The molecule has 1 unspecified atom stereocenters. The van der Waals surface area contributed by atoms with Gasteiger partial charge in [-0.2, -0.15) is 0 Å². The average Bonchev–Trinajstić information content (AvgIpc) is 2.31. The first kappa shape index (κ1) is 11.4. The van der Waals surface area contributed by atoms with E-state index >= 15 is 0 Å². The third kappa shape index (κ3) is 2.20. The van der Waals surface area contributed by atoms with Crippen LogP contribution in [0.25, 0.3) is 0 Å². The molecule has 0 fully saturated rings. The summed E-state index contributed by atoms with van der Waals surface area (Å²) in [7, 11) is 1.90. The van der Waals surface area contributed by atoms with Crippen molar-refractivity contribution in [3.05, 3.63) is 29.3 Å². The molecule has 0 aliphatic carbocycles. The number of alkyl halides is 1. The highest BCUT2D eigenvalue weighted by Crippen LogP contribution is 2.26. The molecule has 1 atom stereocenters. The molecule has 0 saturated heterocycles. The van der Waals surface area contributed by atoms with Gasteiger partial charge in [-0.15, -0.1) is 11.6 Å². The maximum absolute atomic E-state index is 11.2. The summed E-state index contributed by atoms with van der Waals surface area (Å²) in [6.45, 7) is 0. The summed E-state index contributed by atoms with van der Waals surface area (Å²) in [6.07, 6.45) is 1.38. The molecule has 0 spiro atoms. The molecule has 1 aliphatic rings. The van der Waals surface area contributed by atoms with Crippen molar-refractivity contribution in [1.29, 1.82) is 0 Å². The predicted molar refractivity (Wildman–Crippen MR) is 65.9 cm³/mol. The van der Waals surface area contributed by atoms with E-state index in [4.69, 9.17) is 11.6 Å². The maximum Gasteiger partial charge on any atom is 0.224 e. The van der Waals surface area contributed by atoms with Gasteiger partial charge >= 0.3 is 0 Å². The highest BCUT2D eigenvalue weighted by molar-refractivity contribution is 6.18. The van der Waals surface area contributed by atoms with Crippen LogP contribution < -0.4 is 10.6 Å². The molecule has 1 amide bonds. The third-order valence-electron chi connectivity index (χ3n) is 2.93. The van der Waals surface area contributed by atoms with Gasteiger partial charge in [-0.1, -0.05) is 12.1 Å². The second kappa shape index (κ2) is 4.85. The monoisotopic (exact) mass is 238 g/mol. The van der Waals surface area contributed by atoms with Crippen LogP contribution in [0.2, 0.25) is 0 Å².